The molecule has 0 heterocycles. The molecule has 1 amide bonds. The summed E-state index contributed by atoms with van der Waals surface area (Å²) in [5.41, 5.74) is 2.68. The summed E-state index contributed by atoms with van der Waals surface area (Å²) in [7, 11) is 3.26. The number of methoxy groups -OCH3 is 1. The van der Waals surface area contributed by atoms with Crippen molar-refractivity contribution in [1.82, 2.24) is 4.90 Å². The first-order valence-corrected chi connectivity index (χ1v) is 9.51. The molecule has 0 aliphatic heterocycles. The molecule has 2 aromatic carbocycles. The third-order valence-corrected chi connectivity index (χ3v) is 4.53. The van der Waals surface area contributed by atoms with E-state index in [9.17, 15) is 9.18 Å². The molecule has 2 rings (SSSR count). The molecule has 0 radical (unpaired) electrons. The van der Waals surface area contributed by atoms with Gasteiger partial charge in [0.2, 0.25) is 5.91 Å². The second-order valence-corrected chi connectivity index (χ2v) is 7.12. The van der Waals surface area contributed by atoms with E-state index in [4.69, 9.17) is 4.74 Å². The number of amides is 1. The Morgan fingerprint density at radius 2 is 1.86 bits per heavy atom. The van der Waals surface area contributed by atoms with Gasteiger partial charge in [-0.1, -0.05) is 6.07 Å². The van der Waals surface area contributed by atoms with Gasteiger partial charge in [0.05, 0.1) is 13.7 Å². The summed E-state index contributed by atoms with van der Waals surface area (Å²) in [6, 6.07) is 13.1. The number of halogens is 1. The molecular weight excluding hydrogens is 357 g/mol. The van der Waals surface area contributed by atoms with Crippen molar-refractivity contribution < 1.29 is 13.9 Å². The molecule has 152 valence electrons. The number of nitrogens with zero attached hydrogens (tertiary/aromatic N) is 2. The van der Waals surface area contributed by atoms with Crippen LogP contribution in [-0.4, -0.2) is 44.1 Å². The van der Waals surface area contributed by atoms with E-state index in [0.29, 0.717) is 12.6 Å². The Balaban J connectivity index is 1.90. The first-order chi connectivity index (χ1) is 13.3. The lowest BCUT2D eigenvalue weighted by molar-refractivity contribution is -0.117. The van der Waals surface area contributed by atoms with E-state index in [1.54, 1.807) is 12.1 Å². The first kappa shape index (κ1) is 21.7. The van der Waals surface area contributed by atoms with Crippen LogP contribution in [0.1, 0.15) is 26.3 Å². The zero-order chi connectivity index (χ0) is 20.7. The standard InChI is InChI=1S/C22H30FN3O2/c1-6-26(16(2)3)19-10-8-18(9-11-19)24-22(27)15-25(4)14-17-7-12-21(28-5)20(23)13-17/h7-13,16H,6,14-15H2,1-5H3,(H,24,27). The van der Waals surface area contributed by atoms with Gasteiger partial charge in [-0.3, -0.25) is 9.69 Å². The van der Waals surface area contributed by atoms with Gasteiger partial charge in [-0.25, -0.2) is 4.39 Å². The maximum atomic E-state index is 13.8. The molecule has 2 aromatic rings. The van der Waals surface area contributed by atoms with Gasteiger partial charge < -0.3 is 15.0 Å². The minimum Gasteiger partial charge on any atom is -0.494 e. The Kier molecular flexibility index (Phi) is 7.81. The van der Waals surface area contributed by atoms with Gasteiger partial charge in [0.1, 0.15) is 0 Å². The van der Waals surface area contributed by atoms with E-state index >= 15 is 0 Å². The average Bonchev–Trinajstić information content (AvgIpc) is 2.63. The molecule has 0 aliphatic rings. The average molecular weight is 387 g/mol. The van der Waals surface area contributed by atoms with Crippen LogP contribution in [0.25, 0.3) is 0 Å². The van der Waals surface area contributed by atoms with Crippen molar-refractivity contribution >= 4 is 17.3 Å². The predicted molar refractivity (Wildman–Crippen MR) is 113 cm³/mol. The number of nitrogens with one attached hydrogen (secondary N) is 1. The van der Waals surface area contributed by atoms with Crippen LogP contribution in [0, 0.1) is 5.82 Å². The van der Waals surface area contributed by atoms with Gasteiger partial charge in [-0.05, 0) is 69.8 Å². The lowest BCUT2D eigenvalue weighted by Crippen LogP contribution is -2.30. The van der Waals surface area contributed by atoms with Crippen LogP contribution < -0.4 is 15.0 Å². The van der Waals surface area contributed by atoms with Crippen LogP contribution in [0.3, 0.4) is 0 Å². The largest absolute Gasteiger partial charge is 0.494 e. The Bertz CT molecular complexity index is 778. The van der Waals surface area contributed by atoms with Crippen LogP contribution in [0.4, 0.5) is 15.8 Å². The predicted octanol–water partition coefficient (Wildman–Crippen LogP) is 4.14. The monoisotopic (exact) mass is 387 g/mol. The number of hydrogen-bond donors (Lipinski definition) is 1. The zero-order valence-corrected chi connectivity index (χ0v) is 17.3. The molecule has 5 nitrogen and oxygen atoms in total. The molecule has 0 saturated carbocycles. The summed E-state index contributed by atoms with van der Waals surface area (Å²) < 4.78 is 18.7. The summed E-state index contributed by atoms with van der Waals surface area (Å²) in [4.78, 5) is 16.4. The van der Waals surface area contributed by atoms with E-state index in [1.807, 2.05) is 36.2 Å². The van der Waals surface area contributed by atoms with Gasteiger partial charge in [0.25, 0.3) is 0 Å². The Hall–Kier alpha value is -2.60. The number of carbonyl (C=O) groups is 1. The molecule has 1 N–H and O–H groups in total. The summed E-state index contributed by atoms with van der Waals surface area (Å²) in [5, 5.41) is 2.91. The molecule has 0 fully saturated rings. The smallest absolute Gasteiger partial charge is 0.238 e. The molecule has 0 unspecified atom stereocenters. The highest BCUT2D eigenvalue weighted by Crippen LogP contribution is 2.20. The highest BCUT2D eigenvalue weighted by Gasteiger charge is 2.11. The molecule has 0 aliphatic carbocycles. The number of anilines is 2. The number of hydrogen-bond acceptors (Lipinski definition) is 4. The van der Waals surface area contributed by atoms with Gasteiger partial charge in [0, 0.05) is 30.5 Å². The number of ether oxygens (including phenoxy) is 1. The summed E-state index contributed by atoms with van der Waals surface area (Å²) in [6.45, 7) is 8.04. The molecule has 0 saturated heterocycles. The number of likely N-dealkylation sites (N-methyl/N-ethyl adjacent to an activating group) is 1. The lowest BCUT2D eigenvalue weighted by atomic mass is 10.2. The van der Waals surface area contributed by atoms with E-state index in [0.717, 1.165) is 23.5 Å². The second kappa shape index (κ2) is 10.1. The van der Waals surface area contributed by atoms with Crippen LogP contribution in [0.5, 0.6) is 5.75 Å². The summed E-state index contributed by atoms with van der Waals surface area (Å²) in [6.07, 6.45) is 0. The Labute approximate surface area is 167 Å². The van der Waals surface area contributed by atoms with Crippen molar-refractivity contribution in [2.75, 3.05) is 37.5 Å². The Morgan fingerprint density at radius 3 is 2.39 bits per heavy atom. The number of benzene rings is 2. The van der Waals surface area contributed by atoms with Crippen molar-refractivity contribution in [2.45, 2.75) is 33.4 Å². The molecule has 0 bridgehead atoms. The molecule has 6 heteroatoms. The second-order valence-electron chi connectivity index (χ2n) is 7.12. The molecule has 0 spiro atoms. The SMILES string of the molecule is CCN(c1ccc(NC(=O)CN(C)Cc2ccc(OC)c(F)c2)cc1)C(C)C. The van der Waals surface area contributed by atoms with Gasteiger partial charge in [0.15, 0.2) is 11.6 Å². The van der Waals surface area contributed by atoms with Crippen molar-refractivity contribution in [1.29, 1.82) is 0 Å². The first-order valence-electron chi connectivity index (χ1n) is 9.51. The van der Waals surface area contributed by atoms with Crippen molar-refractivity contribution in [3.8, 4) is 5.75 Å². The topological polar surface area (TPSA) is 44.8 Å². The van der Waals surface area contributed by atoms with Crippen molar-refractivity contribution in [3.63, 3.8) is 0 Å². The molecule has 0 atom stereocenters. The molecule has 28 heavy (non-hydrogen) atoms. The fourth-order valence-electron chi connectivity index (χ4n) is 3.20. The zero-order valence-electron chi connectivity index (χ0n) is 17.3. The lowest BCUT2D eigenvalue weighted by Gasteiger charge is -2.27. The highest BCUT2D eigenvalue weighted by atomic mass is 19.1. The van der Waals surface area contributed by atoms with Crippen LogP contribution in [0.2, 0.25) is 0 Å². The van der Waals surface area contributed by atoms with Crippen LogP contribution >= 0.6 is 0 Å². The van der Waals surface area contributed by atoms with E-state index in [2.05, 4.69) is 31.0 Å². The minimum absolute atomic E-state index is 0.111. The fraction of sp³-hybridized carbons (Fsp3) is 0.409. The summed E-state index contributed by atoms with van der Waals surface area (Å²) >= 11 is 0. The number of carbonyl (C=O) groups excluding carboxylic acids is 1. The van der Waals surface area contributed by atoms with Gasteiger partial charge in [-0.15, -0.1) is 0 Å². The van der Waals surface area contributed by atoms with Crippen LogP contribution in [0.15, 0.2) is 42.5 Å². The third kappa shape index (κ3) is 5.96. The van der Waals surface area contributed by atoms with E-state index in [1.165, 1.54) is 13.2 Å². The van der Waals surface area contributed by atoms with Gasteiger partial charge >= 0.3 is 0 Å². The van der Waals surface area contributed by atoms with Gasteiger partial charge in [-0.2, -0.15) is 0 Å². The third-order valence-electron chi connectivity index (χ3n) is 4.53. The highest BCUT2D eigenvalue weighted by molar-refractivity contribution is 5.92. The quantitative estimate of drug-likeness (QED) is 0.702. The minimum atomic E-state index is -0.402. The van der Waals surface area contributed by atoms with E-state index < -0.39 is 5.82 Å². The van der Waals surface area contributed by atoms with Crippen molar-refractivity contribution in [2.24, 2.45) is 0 Å². The molecule has 0 aromatic heterocycles. The van der Waals surface area contributed by atoms with Crippen LogP contribution in [-0.2, 0) is 11.3 Å². The van der Waals surface area contributed by atoms with E-state index in [-0.39, 0.29) is 18.2 Å². The maximum absolute atomic E-state index is 13.8. The fourth-order valence-corrected chi connectivity index (χ4v) is 3.20. The maximum Gasteiger partial charge on any atom is 0.238 e. The summed E-state index contributed by atoms with van der Waals surface area (Å²) in [5.74, 6) is -0.299. The number of rotatable bonds is 9. The normalized spacial score (nSPS) is 11.0. The Morgan fingerprint density at radius 1 is 1.18 bits per heavy atom. The van der Waals surface area contributed by atoms with Crippen molar-refractivity contribution in [3.05, 3.63) is 53.8 Å². The molecular formula is C22H30FN3O2.